The number of carbonyl (C=O) groups is 1. The molecule has 0 spiro atoms. The van der Waals surface area contributed by atoms with Crippen molar-refractivity contribution in [1.82, 2.24) is 0 Å². The fraction of sp³-hybridized carbons (Fsp3) is 0.0909. The van der Waals surface area contributed by atoms with E-state index in [0.717, 1.165) is 30.6 Å². The topological polar surface area (TPSA) is 34.1 Å². The molecule has 0 saturated carbocycles. The summed E-state index contributed by atoms with van der Waals surface area (Å²) in [6.07, 6.45) is -1.35. The van der Waals surface area contributed by atoms with Crippen LogP contribution in [0.2, 0.25) is 0 Å². The van der Waals surface area contributed by atoms with E-state index in [9.17, 15) is 22.8 Å². The van der Waals surface area contributed by atoms with Crippen LogP contribution in [0.4, 0.5) is 13.2 Å². The quantitative estimate of drug-likeness (QED) is 0.587. The molecule has 0 aromatic heterocycles. The van der Waals surface area contributed by atoms with Crippen LogP contribution in [0.25, 0.3) is 6.08 Å². The van der Waals surface area contributed by atoms with Crippen molar-refractivity contribution in [1.29, 1.82) is 0 Å². The Morgan fingerprint density at radius 3 is 2.56 bits per heavy atom. The molecule has 16 heavy (non-hydrogen) atoms. The highest BCUT2D eigenvalue weighted by atomic mass is 19.4. The van der Waals surface area contributed by atoms with Gasteiger partial charge in [0, 0.05) is 0 Å². The second-order valence-electron chi connectivity index (χ2n) is 2.92. The zero-order chi connectivity index (χ0) is 12.2. The second kappa shape index (κ2) is 4.74. The Morgan fingerprint density at radius 1 is 1.31 bits per heavy atom. The average Bonchev–Trinajstić information content (AvgIpc) is 2.25. The van der Waals surface area contributed by atoms with Crippen LogP contribution in [0.15, 0.2) is 30.3 Å². The Labute approximate surface area is 89.4 Å². The van der Waals surface area contributed by atoms with Gasteiger partial charge in [0.25, 0.3) is 6.29 Å². The second-order valence-corrected chi connectivity index (χ2v) is 2.92. The molecule has 0 saturated heterocycles. The summed E-state index contributed by atoms with van der Waals surface area (Å²) < 4.78 is 36.8. The summed E-state index contributed by atoms with van der Waals surface area (Å²) in [5, 5.41) is 0. The van der Waals surface area contributed by atoms with Gasteiger partial charge >= 0.3 is 6.18 Å². The summed E-state index contributed by atoms with van der Waals surface area (Å²) in [7, 11) is 0. The lowest BCUT2D eigenvalue weighted by Crippen LogP contribution is -2.04. The van der Waals surface area contributed by atoms with Gasteiger partial charge in [0.2, 0.25) is 5.78 Å². The van der Waals surface area contributed by atoms with Crippen LogP contribution in [0, 0.1) is 0 Å². The van der Waals surface area contributed by atoms with Gasteiger partial charge < -0.3 is 0 Å². The van der Waals surface area contributed by atoms with Crippen LogP contribution in [0.3, 0.4) is 0 Å². The average molecular weight is 227 g/mol. The van der Waals surface area contributed by atoms with Gasteiger partial charge in [0.15, 0.2) is 0 Å². The van der Waals surface area contributed by atoms with E-state index < -0.39 is 17.5 Å². The van der Waals surface area contributed by atoms with E-state index >= 15 is 0 Å². The lowest BCUT2D eigenvalue weighted by atomic mass is 10.1. The first-order chi connectivity index (χ1) is 7.43. The molecule has 1 aromatic carbocycles. The molecule has 1 radical (unpaired) electrons. The van der Waals surface area contributed by atoms with E-state index in [-0.39, 0.29) is 5.56 Å². The lowest BCUT2D eigenvalue weighted by molar-refractivity contribution is -0.137. The van der Waals surface area contributed by atoms with Crippen LogP contribution in [0.5, 0.6) is 0 Å². The Morgan fingerprint density at radius 2 is 2.00 bits per heavy atom. The molecular formula is C11H6F3O2. The third kappa shape index (κ3) is 3.34. The molecule has 0 unspecified atom stereocenters. The van der Waals surface area contributed by atoms with Gasteiger partial charge in [0.05, 0.1) is 5.56 Å². The molecule has 0 amide bonds. The predicted octanol–water partition coefficient (Wildman–Crippen LogP) is 2.40. The molecule has 0 N–H and O–H groups in total. The van der Waals surface area contributed by atoms with Crippen molar-refractivity contribution in [3.05, 3.63) is 41.5 Å². The normalized spacial score (nSPS) is 11.7. The first kappa shape index (κ1) is 12.2. The fourth-order valence-electron chi connectivity index (χ4n) is 1.02. The lowest BCUT2D eigenvalue weighted by Gasteiger charge is -2.06. The Kier molecular flexibility index (Phi) is 3.60. The Bertz CT molecular complexity index is 433. The molecule has 0 aliphatic rings. The smallest absolute Gasteiger partial charge is 0.285 e. The van der Waals surface area contributed by atoms with Crippen LogP contribution >= 0.6 is 0 Å². The zero-order valence-corrected chi connectivity index (χ0v) is 7.91. The van der Waals surface area contributed by atoms with Crippen LogP contribution < -0.4 is 0 Å². The number of halogens is 3. The molecule has 2 nitrogen and oxygen atoms in total. The molecule has 5 heteroatoms. The number of alkyl halides is 3. The van der Waals surface area contributed by atoms with E-state index in [1.54, 1.807) is 0 Å². The molecule has 0 fully saturated rings. The third-order valence-corrected chi connectivity index (χ3v) is 1.74. The monoisotopic (exact) mass is 227 g/mol. The number of benzene rings is 1. The number of allylic oxidation sites excluding steroid dienone is 1. The predicted molar refractivity (Wildman–Crippen MR) is 51.2 cm³/mol. The van der Waals surface area contributed by atoms with Gasteiger partial charge in [-0.15, -0.1) is 0 Å². The van der Waals surface area contributed by atoms with E-state index in [1.807, 2.05) is 0 Å². The molecule has 0 aliphatic carbocycles. The van der Waals surface area contributed by atoms with Crippen molar-refractivity contribution in [3.8, 4) is 0 Å². The molecule has 1 rings (SSSR count). The van der Waals surface area contributed by atoms with Gasteiger partial charge in [-0.2, -0.15) is 13.2 Å². The first-order valence-corrected chi connectivity index (χ1v) is 4.21. The number of rotatable bonds is 3. The number of hydrogen-bond acceptors (Lipinski definition) is 2. The van der Waals surface area contributed by atoms with Crippen molar-refractivity contribution in [2.45, 2.75) is 6.18 Å². The summed E-state index contributed by atoms with van der Waals surface area (Å²) in [6.45, 7) is 0. The highest BCUT2D eigenvalue weighted by molar-refractivity contribution is 6.31. The SMILES string of the molecule is O=[C]C(=O)/C=C/c1cccc(C(F)(F)F)c1. The summed E-state index contributed by atoms with van der Waals surface area (Å²) in [5.74, 6) is -0.919. The van der Waals surface area contributed by atoms with Crippen LogP contribution in [0.1, 0.15) is 11.1 Å². The maximum atomic E-state index is 12.3. The first-order valence-electron chi connectivity index (χ1n) is 4.21. The van der Waals surface area contributed by atoms with Crippen molar-refractivity contribution < 1.29 is 22.8 Å². The summed E-state index contributed by atoms with van der Waals surface area (Å²) in [5.41, 5.74) is -0.615. The van der Waals surface area contributed by atoms with Gasteiger partial charge in [0.1, 0.15) is 0 Å². The minimum absolute atomic E-state index is 0.193. The minimum atomic E-state index is -4.43. The van der Waals surface area contributed by atoms with E-state index in [4.69, 9.17) is 0 Å². The standard InChI is InChI=1S/C11H6F3O2/c12-11(13,14)9-3-1-2-8(6-9)4-5-10(16)7-15/h1-6H/b5-4+. The van der Waals surface area contributed by atoms with E-state index in [1.165, 1.54) is 12.1 Å². The van der Waals surface area contributed by atoms with Crippen molar-refractivity contribution in [3.63, 3.8) is 0 Å². The van der Waals surface area contributed by atoms with Gasteiger partial charge in [-0.1, -0.05) is 18.2 Å². The summed E-state index contributed by atoms with van der Waals surface area (Å²) in [6, 6.07) is 4.42. The summed E-state index contributed by atoms with van der Waals surface area (Å²) >= 11 is 0. The molecular weight excluding hydrogens is 221 g/mol. The highest BCUT2D eigenvalue weighted by Crippen LogP contribution is 2.29. The highest BCUT2D eigenvalue weighted by Gasteiger charge is 2.30. The molecule has 0 atom stereocenters. The van der Waals surface area contributed by atoms with Gasteiger partial charge in [-0.05, 0) is 23.8 Å². The van der Waals surface area contributed by atoms with Crippen LogP contribution in [-0.4, -0.2) is 12.1 Å². The number of carbonyl (C=O) groups excluding carboxylic acids is 2. The minimum Gasteiger partial charge on any atom is -0.285 e. The van der Waals surface area contributed by atoms with Gasteiger partial charge in [-0.3, -0.25) is 9.59 Å². The molecule has 1 aromatic rings. The summed E-state index contributed by atoms with van der Waals surface area (Å²) in [4.78, 5) is 20.4. The third-order valence-electron chi connectivity index (χ3n) is 1.74. The molecule has 0 heterocycles. The maximum Gasteiger partial charge on any atom is 0.416 e. The van der Waals surface area contributed by atoms with Crippen molar-refractivity contribution in [2.75, 3.05) is 0 Å². The number of ketones is 1. The largest absolute Gasteiger partial charge is 0.416 e. The maximum absolute atomic E-state index is 12.3. The zero-order valence-electron chi connectivity index (χ0n) is 7.91. The van der Waals surface area contributed by atoms with Crippen LogP contribution in [-0.2, 0) is 15.8 Å². The molecule has 0 bridgehead atoms. The van der Waals surface area contributed by atoms with Crippen molar-refractivity contribution >= 4 is 18.1 Å². The van der Waals surface area contributed by atoms with Gasteiger partial charge in [-0.25, -0.2) is 0 Å². The van der Waals surface area contributed by atoms with E-state index in [2.05, 4.69) is 0 Å². The molecule has 0 aliphatic heterocycles. The van der Waals surface area contributed by atoms with Crippen molar-refractivity contribution in [2.24, 2.45) is 0 Å². The fourth-order valence-corrected chi connectivity index (χ4v) is 1.02. The van der Waals surface area contributed by atoms with E-state index in [0.29, 0.717) is 0 Å². The Balaban J connectivity index is 2.96. The Hall–Kier alpha value is -1.91. The molecule has 83 valence electrons. The number of hydrogen-bond donors (Lipinski definition) is 0.